The number of carbonyl (C=O) groups excluding carboxylic acids is 1. The van der Waals surface area contributed by atoms with E-state index in [2.05, 4.69) is 10.0 Å². The van der Waals surface area contributed by atoms with E-state index >= 15 is 0 Å². The molecule has 13 heteroatoms. The van der Waals surface area contributed by atoms with Gasteiger partial charge in [0.2, 0.25) is 0 Å². The number of benzene rings is 2. The van der Waals surface area contributed by atoms with Crippen molar-refractivity contribution in [3.05, 3.63) is 87.8 Å². The molecule has 0 saturated carbocycles. The summed E-state index contributed by atoms with van der Waals surface area (Å²) in [6.45, 7) is 6.96. The summed E-state index contributed by atoms with van der Waals surface area (Å²) in [5.41, 5.74) is 9.07. The largest absolute Gasteiger partial charge is 0.493 e. The maximum absolute atomic E-state index is 13.1. The summed E-state index contributed by atoms with van der Waals surface area (Å²) >= 11 is 0. The molecule has 3 rings (SSSR count). The average Bonchev–Trinajstić information content (AvgIpc) is 3.33. The molecular weight excluding hydrogens is 598 g/mol. The number of methoxy groups -OCH3 is 1. The molecule has 13 nitrogen and oxygen atoms in total. The lowest BCUT2D eigenvalue weighted by molar-refractivity contribution is -0.152. The van der Waals surface area contributed by atoms with Crippen LogP contribution in [0.4, 0.5) is 0 Å². The van der Waals surface area contributed by atoms with Gasteiger partial charge in [0.1, 0.15) is 29.3 Å². The van der Waals surface area contributed by atoms with Gasteiger partial charge in [0.05, 0.1) is 30.9 Å². The molecule has 0 aromatic heterocycles. The number of rotatable bonds is 17. The second-order valence-electron chi connectivity index (χ2n) is 11.0. The molecule has 1 unspecified atom stereocenters. The van der Waals surface area contributed by atoms with E-state index in [9.17, 15) is 19.8 Å². The van der Waals surface area contributed by atoms with Crippen LogP contribution in [0.5, 0.6) is 11.5 Å². The Bertz CT molecular complexity index is 1420. The highest BCUT2D eigenvalue weighted by Gasteiger charge is 2.45. The average molecular weight is 640 g/mol. The Balaban J connectivity index is 1.93. The second-order valence-corrected chi connectivity index (χ2v) is 11.0. The summed E-state index contributed by atoms with van der Waals surface area (Å²) in [7, 11) is 1.41. The Morgan fingerprint density at radius 2 is 1.87 bits per heavy atom. The topological polar surface area (TPSA) is 179 Å². The number of ether oxygens (including phenoxy) is 6. The molecule has 2 aromatic rings. The molecule has 1 aliphatic rings. The third-order valence-corrected chi connectivity index (χ3v) is 7.00. The molecule has 248 valence electrons. The van der Waals surface area contributed by atoms with Gasteiger partial charge < -0.3 is 38.6 Å². The molecule has 0 spiro atoms. The lowest BCUT2D eigenvalue weighted by atomic mass is 9.99. The summed E-state index contributed by atoms with van der Waals surface area (Å²) in [6.07, 6.45) is 4.21. The van der Waals surface area contributed by atoms with Crippen molar-refractivity contribution < 1.29 is 48.2 Å². The maximum atomic E-state index is 13.1. The van der Waals surface area contributed by atoms with E-state index in [1.807, 2.05) is 6.92 Å². The van der Waals surface area contributed by atoms with Gasteiger partial charge in [-0.25, -0.2) is 9.59 Å². The SMILES string of the molecule is COCOc1cc(OCCN=[N+]=[N-])cc(C=CC[C@@H]2OC(C)(C)O[C@@H]2C(C=C[C@@H](C)[C@H](C)O)OC(=O)c2ccccc2)c1C(=O)O. The van der Waals surface area contributed by atoms with Gasteiger partial charge in [-0.2, -0.15) is 0 Å². The Morgan fingerprint density at radius 1 is 1.13 bits per heavy atom. The zero-order valence-electron chi connectivity index (χ0n) is 26.6. The highest BCUT2D eigenvalue weighted by atomic mass is 16.8. The van der Waals surface area contributed by atoms with Crippen molar-refractivity contribution in [2.75, 3.05) is 27.1 Å². The van der Waals surface area contributed by atoms with E-state index in [4.69, 9.17) is 34.0 Å². The van der Waals surface area contributed by atoms with Crippen molar-refractivity contribution in [2.45, 2.75) is 64.3 Å². The standard InChI is InChI=1S/C33H41N3O10/c1-21(22(2)37)14-15-26(44-32(40)23-10-7-6-8-11-23)30-27(45-33(3,4)46-30)13-9-12-24-18-25(42-17-16-35-36-34)19-28(43-20-41-5)29(24)31(38)39/h6-12,14-15,18-19,21-22,26-27,30,37H,13,16-17,20H2,1-5H3,(H,38,39)/t21-,22+,26?,27+,30-/m1/s1. The number of carboxylic acid groups (broad SMARTS) is 1. The number of carboxylic acids is 1. The van der Waals surface area contributed by atoms with Crippen LogP contribution in [-0.2, 0) is 18.9 Å². The smallest absolute Gasteiger partial charge is 0.340 e. The van der Waals surface area contributed by atoms with Gasteiger partial charge in [0.25, 0.3) is 0 Å². The lowest BCUT2D eigenvalue weighted by Crippen LogP contribution is -2.37. The van der Waals surface area contributed by atoms with E-state index in [0.29, 0.717) is 11.3 Å². The number of azide groups is 1. The number of nitrogens with zero attached hydrogens (tertiary/aromatic N) is 3. The number of hydrogen-bond donors (Lipinski definition) is 2. The molecule has 0 bridgehead atoms. The third kappa shape index (κ3) is 10.6. The van der Waals surface area contributed by atoms with Crippen LogP contribution in [-0.4, -0.2) is 79.4 Å². The van der Waals surface area contributed by atoms with Gasteiger partial charge in [0, 0.05) is 18.1 Å². The highest BCUT2D eigenvalue weighted by molar-refractivity contribution is 5.95. The van der Waals surface area contributed by atoms with Crippen molar-refractivity contribution in [1.82, 2.24) is 0 Å². The summed E-state index contributed by atoms with van der Waals surface area (Å²) in [5, 5.41) is 23.5. The lowest BCUT2D eigenvalue weighted by Gasteiger charge is -2.25. The van der Waals surface area contributed by atoms with Crippen LogP contribution in [0.1, 0.15) is 60.4 Å². The van der Waals surface area contributed by atoms with Crippen LogP contribution < -0.4 is 9.47 Å². The highest BCUT2D eigenvalue weighted by Crippen LogP contribution is 2.35. The van der Waals surface area contributed by atoms with Crippen molar-refractivity contribution >= 4 is 18.0 Å². The van der Waals surface area contributed by atoms with Crippen LogP contribution in [0.3, 0.4) is 0 Å². The summed E-state index contributed by atoms with van der Waals surface area (Å²) in [4.78, 5) is 28.1. The molecule has 0 aliphatic carbocycles. The molecule has 46 heavy (non-hydrogen) atoms. The van der Waals surface area contributed by atoms with Crippen molar-refractivity contribution in [2.24, 2.45) is 11.0 Å². The van der Waals surface area contributed by atoms with E-state index in [-0.39, 0.29) is 49.2 Å². The fraction of sp³-hybridized carbons (Fsp3) is 0.455. The molecule has 5 atom stereocenters. The molecule has 2 N–H and O–H groups in total. The van der Waals surface area contributed by atoms with E-state index in [1.54, 1.807) is 75.4 Å². The predicted molar refractivity (Wildman–Crippen MR) is 169 cm³/mol. The minimum absolute atomic E-state index is 0.0278. The first-order chi connectivity index (χ1) is 22.0. The Kier molecular flexibility index (Phi) is 13.6. The van der Waals surface area contributed by atoms with Crippen molar-refractivity contribution in [3.8, 4) is 11.5 Å². The molecule has 2 aromatic carbocycles. The maximum Gasteiger partial charge on any atom is 0.340 e. The van der Waals surface area contributed by atoms with Gasteiger partial charge in [0.15, 0.2) is 12.6 Å². The summed E-state index contributed by atoms with van der Waals surface area (Å²) in [5.74, 6) is -2.69. The first kappa shape index (κ1) is 36.1. The van der Waals surface area contributed by atoms with Gasteiger partial charge >= 0.3 is 11.9 Å². The van der Waals surface area contributed by atoms with E-state index < -0.39 is 42.1 Å². The van der Waals surface area contributed by atoms with Crippen LogP contribution in [0.25, 0.3) is 16.5 Å². The number of carbonyl (C=O) groups is 2. The van der Waals surface area contributed by atoms with E-state index in [0.717, 1.165) is 0 Å². The molecule has 0 radical (unpaired) electrons. The van der Waals surface area contributed by atoms with Crippen LogP contribution in [0.2, 0.25) is 0 Å². The molecular formula is C33H41N3O10. The third-order valence-electron chi connectivity index (χ3n) is 7.00. The Hall–Kier alpha value is -4.39. The molecule has 1 saturated heterocycles. The van der Waals surface area contributed by atoms with Gasteiger partial charge in [-0.05, 0) is 68.5 Å². The predicted octanol–water partition coefficient (Wildman–Crippen LogP) is 5.78. The van der Waals surface area contributed by atoms with Gasteiger partial charge in [-0.1, -0.05) is 48.5 Å². The molecule has 1 aliphatic heterocycles. The summed E-state index contributed by atoms with van der Waals surface area (Å²) < 4.78 is 34.5. The quantitative estimate of drug-likeness (QED) is 0.0410. The first-order valence-corrected chi connectivity index (χ1v) is 14.8. The van der Waals surface area contributed by atoms with Crippen molar-refractivity contribution in [3.63, 3.8) is 0 Å². The number of hydrogen-bond acceptors (Lipinski definition) is 10. The van der Waals surface area contributed by atoms with Gasteiger partial charge in [-0.3, -0.25) is 0 Å². The van der Waals surface area contributed by atoms with Crippen molar-refractivity contribution in [1.29, 1.82) is 0 Å². The van der Waals surface area contributed by atoms with Gasteiger partial charge in [-0.15, -0.1) is 0 Å². The number of esters is 1. The van der Waals surface area contributed by atoms with Crippen LogP contribution >= 0.6 is 0 Å². The molecule has 1 heterocycles. The first-order valence-electron chi connectivity index (χ1n) is 14.8. The zero-order chi connectivity index (χ0) is 33.7. The summed E-state index contributed by atoms with van der Waals surface area (Å²) in [6, 6.07) is 11.5. The monoisotopic (exact) mass is 639 g/mol. The minimum Gasteiger partial charge on any atom is -0.493 e. The van der Waals surface area contributed by atoms with E-state index in [1.165, 1.54) is 19.2 Å². The number of aromatic carboxylic acids is 1. The number of aliphatic hydroxyl groups is 1. The van der Waals surface area contributed by atoms with Crippen LogP contribution in [0, 0.1) is 5.92 Å². The second kappa shape index (κ2) is 17.3. The fourth-order valence-electron chi connectivity index (χ4n) is 4.62. The Labute approximate surface area is 267 Å². The van der Waals surface area contributed by atoms with Crippen LogP contribution in [0.15, 0.2) is 65.8 Å². The normalized spacial score (nSPS) is 19.3. The minimum atomic E-state index is -1.23. The number of aliphatic hydroxyl groups excluding tert-OH is 1. The molecule has 0 amide bonds. The fourth-order valence-corrected chi connectivity index (χ4v) is 4.62. The Morgan fingerprint density at radius 3 is 2.52 bits per heavy atom. The molecule has 1 fully saturated rings. The zero-order valence-corrected chi connectivity index (χ0v) is 26.6.